The molecule has 1 N–H and O–H groups in total. The van der Waals surface area contributed by atoms with Crippen molar-refractivity contribution >= 4 is 28.4 Å². The quantitative estimate of drug-likeness (QED) is 0.388. The molecule has 0 unspecified atom stereocenters. The zero-order chi connectivity index (χ0) is 22.2. The number of hydrogen-bond acceptors (Lipinski definition) is 7. The summed E-state index contributed by atoms with van der Waals surface area (Å²) >= 11 is 0. The fourth-order valence-electron chi connectivity index (χ4n) is 3.96. The average molecular weight is 434 g/mol. The van der Waals surface area contributed by atoms with E-state index in [9.17, 15) is 14.0 Å². The molecule has 32 heavy (non-hydrogen) atoms. The molecule has 1 aromatic carbocycles. The maximum atomic E-state index is 14.7. The number of nitrogens with zero attached hydrogens (tertiary/aromatic N) is 5. The topological polar surface area (TPSA) is 108 Å². The third kappa shape index (κ3) is 3.39. The van der Waals surface area contributed by atoms with E-state index < -0.39 is 17.5 Å². The third-order valence-corrected chi connectivity index (χ3v) is 5.59. The molecule has 1 aliphatic heterocycles. The number of H-pyrrole nitrogens is 1. The summed E-state index contributed by atoms with van der Waals surface area (Å²) in [5, 5.41) is 3.80. The van der Waals surface area contributed by atoms with Crippen molar-refractivity contribution in [3.05, 3.63) is 60.0 Å². The van der Waals surface area contributed by atoms with Crippen LogP contribution in [0.2, 0.25) is 0 Å². The van der Waals surface area contributed by atoms with E-state index in [1.165, 1.54) is 23.2 Å². The molecular weight excluding hydrogens is 415 g/mol. The molecule has 0 aliphatic carbocycles. The first-order valence-electron chi connectivity index (χ1n) is 10.1. The molecule has 10 heteroatoms. The Morgan fingerprint density at radius 3 is 2.66 bits per heavy atom. The normalized spacial score (nSPS) is 14.2. The van der Waals surface area contributed by atoms with Crippen LogP contribution in [0.25, 0.3) is 22.3 Å². The van der Waals surface area contributed by atoms with Crippen molar-refractivity contribution in [2.45, 2.75) is 6.92 Å². The molecule has 0 radical (unpaired) electrons. The smallest absolute Gasteiger partial charge is 0.295 e. The van der Waals surface area contributed by atoms with Gasteiger partial charge < -0.3 is 19.3 Å². The largest absolute Gasteiger partial charge is 0.360 e. The lowest BCUT2D eigenvalue weighted by Crippen LogP contribution is -2.50. The first kappa shape index (κ1) is 19.9. The summed E-state index contributed by atoms with van der Waals surface area (Å²) in [5.74, 6) is -0.936. The summed E-state index contributed by atoms with van der Waals surface area (Å²) in [4.78, 5) is 40.9. The monoisotopic (exact) mass is 434 g/mol. The fourth-order valence-corrected chi connectivity index (χ4v) is 3.96. The number of piperazine rings is 1. The number of halogens is 1. The number of aryl methyl sites for hydroxylation is 1. The molecule has 0 spiro atoms. The van der Waals surface area contributed by atoms with Crippen molar-refractivity contribution in [1.82, 2.24) is 25.0 Å². The number of pyridine rings is 1. The van der Waals surface area contributed by atoms with Crippen molar-refractivity contribution in [1.29, 1.82) is 0 Å². The van der Waals surface area contributed by atoms with Gasteiger partial charge in [0.15, 0.2) is 0 Å². The second-order valence-corrected chi connectivity index (χ2v) is 7.55. The highest BCUT2D eigenvalue weighted by Crippen LogP contribution is 2.30. The van der Waals surface area contributed by atoms with Gasteiger partial charge in [-0.15, -0.1) is 0 Å². The number of aromatic amines is 1. The first-order valence-corrected chi connectivity index (χ1v) is 10.1. The molecule has 5 rings (SSSR count). The Kier molecular flexibility index (Phi) is 4.89. The molecule has 3 aromatic heterocycles. The van der Waals surface area contributed by atoms with Crippen LogP contribution in [0, 0.1) is 12.7 Å². The minimum atomic E-state index is -0.762. The van der Waals surface area contributed by atoms with E-state index in [0.29, 0.717) is 37.3 Å². The highest BCUT2D eigenvalue weighted by atomic mass is 19.1. The SMILES string of the molecule is Cc1cccc(N2CCN(C(=O)C(=O)c3c[nH]c4c(-c5ncon5)ccc(F)c34)CC2)n1. The predicted molar refractivity (Wildman–Crippen MR) is 114 cm³/mol. The van der Waals surface area contributed by atoms with Gasteiger partial charge >= 0.3 is 0 Å². The molecule has 4 heterocycles. The van der Waals surface area contributed by atoms with E-state index in [2.05, 4.69) is 25.0 Å². The van der Waals surface area contributed by atoms with E-state index in [1.54, 1.807) is 0 Å². The molecule has 9 nitrogen and oxygen atoms in total. The van der Waals surface area contributed by atoms with E-state index in [-0.39, 0.29) is 16.8 Å². The van der Waals surface area contributed by atoms with Gasteiger partial charge in [-0.05, 0) is 31.2 Å². The average Bonchev–Trinajstić information content (AvgIpc) is 3.50. The van der Waals surface area contributed by atoms with Crippen LogP contribution in [0.15, 0.2) is 47.4 Å². The van der Waals surface area contributed by atoms with Gasteiger partial charge in [-0.1, -0.05) is 11.2 Å². The van der Waals surface area contributed by atoms with Gasteiger partial charge in [0.05, 0.1) is 11.1 Å². The molecular formula is C22H19FN6O3. The highest BCUT2D eigenvalue weighted by molar-refractivity contribution is 6.45. The summed E-state index contributed by atoms with van der Waals surface area (Å²) in [6.07, 6.45) is 2.51. The summed E-state index contributed by atoms with van der Waals surface area (Å²) in [6, 6.07) is 8.50. The number of rotatable bonds is 4. The van der Waals surface area contributed by atoms with Crippen LogP contribution >= 0.6 is 0 Å². The van der Waals surface area contributed by atoms with Crippen molar-refractivity contribution < 1.29 is 18.5 Å². The molecule has 0 saturated carbocycles. The van der Waals surface area contributed by atoms with Gasteiger partial charge in [-0.25, -0.2) is 9.37 Å². The van der Waals surface area contributed by atoms with Crippen LogP contribution in [-0.2, 0) is 4.79 Å². The van der Waals surface area contributed by atoms with Crippen LogP contribution in [0.1, 0.15) is 16.1 Å². The minimum absolute atomic E-state index is 0.0179. The number of Topliss-reactive ketones (excluding diaryl/α,β-unsaturated/α-hetero) is 1. The molecule has 1 fully saturated rings. The summed E-state index contributed by atoms with van der Waals surface area (Å²) in [6.45, 7) is 3.78. The Hall–Kier alpha value is -4.08. The molecule has 1 amide bonds. The second-order valence-electron chi connectivity index (χ2n) is 7.55. The van der Waals surface area contributed by atoms with Crippen LogP contribution in [-0.4, -0.2) is 62.9 Å². The number of aromatic nitrogens is 4. The van der Waals surface area contributed by atoms with E-state index in [1.807, 2.05) is 25.1 Å². The lowest BCUT2D eigenvalue weighted by molar-refractivity contribution is -0.126. The van der Waals surface area contributed by atoms with Crippen LogP contribution < -0.4 is 4.90 Å². The van der Waals surface area contributed by atoms with Gasteiger partial charge in [-0.3, -0.25) is 9.59 Å². The van der Waals surface area contributed by atoms with Gasteiger partial charge in [0.1, 0.15) is 11.6 Å². The van der Waals surface area contributed by atoms with Crippen LogP contribution in [0.4, 0.5) is 10.2 Å². The van der Waals surface area contributed by atoms with Crippen molar-refractivity contribution in [3.63, 3.8) is 0 Å². The Bertz CT molecular complexity index is 1310. The van der Waals surface area contributed by atoms with Crippen molar-refractivity contribution in [2.24, 2.45) is 0 Å². The Labute approximate surface area is 181 Å². The molecule has 4 aromatic rings. The maximum Gasteiger partial charge on any atom is 0.295 e. The van der Waals surface area contributed by atoms with Crippen molar-refractivity contribution in [2.75, 3.05) is 31.1 Å². The number of carbonyl (C=O) groups is 2. The number of hydrogen-bond donors (Lipinski definition) is 1. The third-order valence-electron chi connectivity index (χ3n) is 5.59. The standard InChI is InChI=1S/C22H19FN6O3/c1-13-3-2-4-17(26-13)28-7-9-29(10-8-28)22(31)20(30)15-11-24-19-14(21-25-12-32-27-21)5-6-16(23)18(15)19/h2-6,11-12,24H,7-10H2,1H3. The number of carbonyl (C=O) groups excluding carboxylic acids is 2. The molecule has 1 aliphatic rings. The van der Waals surface area contributed by atoms with E-state index in [4.69, 9.17) is 4.52 Å². The van der Waals surface area contributed by atoms with Crippen LogP contribution in [0.3, 0.4) is 0 Å². The maximum absolute atomic E-state index is 14.7. The predicted octanol–water partition coefficient (Wildman–Crippen LogP) is 2.59. The Balaban J connectivity index is 1.37. The zero-order valence-corrected chi connectivity index (χ0v) is 17.2. The number of nitrogens with one attached hydrogen (secondary N) is 1. The molecule has 0 bridgehead atoms. The number of amides is 1. The molecule has 162 valence electrons. The molecule has 0 atom stereocenters. The number of ketones is 1. The Morgan fingerprint density at radius 2 is 1.94 bits per heavy atom. The Morgan fingerprint density at radius 1 is 1.12 bits per heavy atom. The van der Waals surface area contributed by atoms with Gasteiger partial charge in [0.25, 0.3) is 11.7 Å². The summed E-state index contributed by atoms with van der Waals surface area (Å²) in [7, 11) is 0. The fraction of sp³-hybridized carbons (Fsp3) is 0.227. The zero-order valence-electron chi connectivity index (χ0n) is 17.2. The second kappa shape index (κ2) is 7.88. The summed E-state index contributed by atoms with van der Waals surface area (Å²) < 4.78 is 19.4. The number of benzene rings is 1. The van der Waals surface area contributed by atoms with E-state index in [0.717, 1.165) is 17.9 Å². The number of anilines is 1. The lowest BCUT2D eigenvalue weighted by Gasteiger charge is -2.35. The number of fused-ring (bicyclic) bond motifs is 1. The molecule has 1 saturated heterocycles. The van der Waals surface area contributed by atoms with Gasteiger partial charge in [0, 0.05) is 49.0 Å². The van der Waals surface area contributed by atoms with E-state index >= 15 is 0 Å². The highest BCUT2D eigenvalue weighted by Gasteiger charge is 2.30. The minimum Gasteiger partial charge on any atom is -0.360 e. The van der Waals surface area contributed by atoms with Crippen molar-refractivity contribution in [3.8, 4) is 11.4 Å². The first-order chi connectivity index (χ1) is 15.5. The van der Waals surface area contributed by atoms with Gasteiger partial charge in [-0.2, -0.15) is 4.98 Å². The van der Waals surface area contributed by atoms with Gasteiger partial charge in [0.2, 0.25) is 12.2 Å². The summed E-state index contributed by atoms with van der Waals surface area (Å²) in [5.41, 5.74) is 1.70. The van der Waals surface area contributed by atoms with Crippen LogP contribution in [0.5, 0.6) is 0 Å². The lowest BCUT2D eigenvalue weighted by atomic mass is 10.0.